The largest absolute Gasteiger partial charge is 0.472 e. The maximum absolute atomic E-state index is 5.06. The van der Waals surface area contributed by atoms with Crippen LogP contribution in [-0.2, 0) is 13.1 Å². The van der Waals surface area contributed by atoms with E-state index in [0.717, 1.165) is 24.5 Å². The Morgan fingerprint density at radius 3 is 2.71 bits per heavy atom. The molecule has 0 N–H and O–H groups in total. The number of aryl methyl sites for hydroxylation is 2. The molecule has 0 amide bonds. The molecule has 2 aromatic heterocycles. The molecule has 2 rings (SSSR count). The fourth-order valence-electron chi connectivity index (χ4n) is 2.03. The molecule has 2 heterocycles. The number of hydrogen-bond donors (Lipinski definition) is 0. The fraction of sp³-hybridized carbons (Fsp3) is 0.357. The summed E-state index contributed by atoms with van der Waals surface area (Å²) < 4.78 is 5.06. The third kappa shape index (κ3) is 3.43. The van der Waals surface area contributed by atoms with Gasteiger partial charge in [-0.15, -0.1) is 0 Å². The highest BCUT2D eigenvalue weighted by molar-refractivity contribution is 5.19. The van der Waals surface area contributed by atoms with Crippen LogP contribution in [0.25, 0.3) is 0 Å². The minimum Gasteiger partial charge on any atom is -0.472 e. The van der Waals surface area contributed by atoms with Gasteiger partial charge >= 0.3 is 0 Å². The van der Waals surface area contributed by atoms with Crippen molar-refractivity contribution >= 4 is 0 Å². The van der Waals surface area contributed by atoms with Crippen molar-refractivity contribution in [1.29, 1.82) is 0 Å². The minimum absolute atomic E-state index is 0.855. The van der Waals surface area contributed by atoms with E-state index in [9.17, 15) is 0 Å². The predicted molar refractivity (Wildman–Crippen MR) is 67.6 cm³/mol. The van der Waals surface area contributed by atoms with E-state index >= 15 is 0 Å². The first-order valence-electron chi connectivity index (χ1n) is 5.77. The van der Waals surface area contributed by atoms with Crippen LogP contribution < -0.4 is 0 Å². The monoisotopic (exact) mass is 230 g/mol. The lowest BCUT2D eigenvalue weighted by atomic mass is 10.2. The van der Waals surface area contributed by atoms with Gasteiger partial charge in [0.25, 0.3) is 0 Å². The summed E-state index contributed by atoms with van der Waals surface area (Å²) in [5, 5.41) is 0. The fourth-order valence-corrected chi connectivity index (χ4v) is 2.03. The van der Waals surface area contributed by atoms with Crippen LogP contribution in [0.4, 0.5) is 0 Å². The van der Waals surface area contributed by atoms with Crippen LogP contribution in [0.5, 0.6) is 0 Å². The summed E-state index contributed by atoms with van der Waals surface area (Å²) in [4.78, 5) is 6.77. The normalized spacial score (nSPS) is 11.1. The molecular formula is C14H18N2O. The molecule has 0 atom stereocenters. The number of nitrogens with zero attached hydrogens (tertiary/aromatic N) is 2. The zero-order valence-corrected chi connectivity index (χ0v) is 10.6. The van der Waals surface area contributed by atoms with Crippen molar-refractivity contribution in [2.75, 3.05) is 7.05 Å². The third-order valence-corrected chi connectivity index (χ3v) is 2.62. The molecule has 3 heteroatoms. The van der Waals surface area contributed by atoms with Crippen LogP contribution in [-0.4, -0.2) is 16.9 Å². The molecule has 0 saturated carbocycles. The van der Waals surface area contributed by atoms with E-state index in [0.29, 0.717) is 0 Å². The van der Waals surface area contributed by atoms with Gasteiger partial charge in [0.2, 0.25) is 0 Å². The standard InChI is InChI=1S/C14H18N2O/c1-11-6-12(2)15-14(7-11)9-16(3)8-13-4-5-17-10-13/h4-7,10H,8-9H2,1-3H3. The average Bonchev–Trinajstić information content (AvgIpc) is 2.67. The van der Waals surface area contributed by atoms with Crippen molar-refractivity contribution < 1.29 is 4.42 Å². The van der Waals surface area contributed by atoms with Gasteiger partial charge in [-0.1, -0.05) is 0 Å². The minimum atomic E-state index is 0.855. The first kappa shape index (κ1) is 11.9. The molecule has 0 aliphatic carbocycles. The van der Waals surface area contributed by atoms with E-state index in [4.69, 9.17) is 4.42 Å². The zero-order valence-electron chi connectivity index (χ0n) is 10.6. The highest BCUT2D eigenvalue weighted by Crippen LogP contribution is 2.09. The topological polar surface area (TPSA) is 29.3 Å². The van der Waals surface area contributed by atoms with Crippen LogP contribution in [0.2, 0.25) is 0 Å². The molecule has 90 valence electrons. The van der Waals surface area contributed by atoms with Gasteiger partial charge in [-0.3, -0.25) is 9.88 Å². The van der Waals surface area contributed by atoms with Crippen LogP contribution in [0.3, 0.4) is 0 Å². The van der Waals surface area contributed by atoms with Crippen molar-refractivity contribution in [3.8, 4) is 0 Å². The summed E-state index contributed by atoms with van der Waals surface area (Å²) in [6, 6.07) is 6.23. The number of furan rings is 1. The molecule has 0 aromatic carbocycles. The third-order valence-electron chi connectivity index (χ3n) is 2.62. The predicted octanol–water partition coefficient (Wildman–Crippen LogP) is 2.92. The summed E-state index contributed by atoms with van der Waals surface area (Å²) in [6.45, 7) is 5.87. The Hall–Kier alpha value is -1.61. The lowest BCUT2D eigenvalue weighted by Gasteiger charge is -2.15. The second-order valence-electron chi connectivity index (χ2n) is 4.58. The molecule has 0 aliphatic rings. The summed E-state index contributed by atoms with van der Waals surface area (Å²) >= 11 is 0. The van der Waals surface area contributed by atoms with Gasteiger partial charge in [0.1, 0.15) is 0 Å². The van der Waals surface area contributed by atoms with Crippen molar-refractivity contribution in [3.63, 3.8) is 0 Å². The molecule has 0 spiro atoms. The van der Waals surface area contributed by atoms with Crippen molar-refractivity contribution in [2.45, 2.75) is 26.9 Å². The Balaban J connectivity index is 2.00. The second-order valence-corrected chi connectivity index (χ2v) is 4.58. The molecule has 0 radical (unpaired) electrons. The first-order chi connectivity index (χ1) is 8.13. The van der Waals surface area contributed by atoms with E-state index in [-0.39, 0.29) is 0 Å². The molecule has 17 heavy (non-hydrogen) atoms. The summed E-state index contributed by atoms with van der Waals surface area (Å²) in [7, 11) is 2.09. The Bertz CT molecular complexity index is 457. The van der Waals surface area contributed by atoms with E-state index in [2.05, 4.69) is 36.0 Å². The number of aromatic nitrogens is 1. The molecule has 0 bridgehead atoms. The lowest BCUT2D eigenvalue weighted by molar-refractivity contribution is 0.313. The summed E-state index contributed by atoms with van der Waals surface area (Å²) in [6.07, 6.45) is 3.49. The van der Waals surface area contributed by atoms with E-state index in [1.807, 2.05) is 13.0 Å². The maximum Gasteiger partial charge on any atom is 0.0947 e. The van der Waals surface area contributed by atoms with Crippen LogP contribution in [0, 0.1) is 13.8 Å². The quantitative estimate of drug-likeness (QED) is 0.808. The number of rotatable bonds is 4. The van der Waals surface area contributed by atoms with Gasteiger partial charge in [-0.05, 0) is 44.7 Å². The van der Waals surface area contributed by atoms with Crippen molar-refractivity contribution in [3.05, 3.63) is 53.2 Å². The van der Waals surface area contributed by atoms with Crippen molar-refractivity contribution in [2.24, 2.45) is 0 Å². The molecule has 0 fully saturated rings. The molecule has 3 nitrogen and oxygen atoms in total. The first-order valence-corrected chi connectivity index (χ1v) is 5.77. The Kier molecular flexibility index (Phi) is 3.59. The number of hydrogen-bond acceptors (Lipinski definition) is 3. The van der Waals surface area contributed by atoms with E-state index < -0.39 is 0 Å². The Labute approximate surface area is 102 Å². The molecular weight excluding hydrogens is 212 g/mol. The molecule has 0 unspecified atom stereocenters. The van der Waals surface area contributed by atoms with Crippen molar-refractivity contribution in [1.82, 2.24) is 9.88 Å². The van der Waals surface area contributed by atoms with Crippen LogP contribution >= 0.6 is 0 Å². The van der Waals surface area contributed by atoms with Crippen LogP contribution in [0.15, 0.2) is 35.1 Å². The highest BCUT2D eigenvalue weighted by Gasteiger charge is 2.04. The second kappa shape index (κ2) is 5.15. The van der Waals surface area contributed by atoms with Gasteiger partial charge < -0.3 is 4.42 Å². The zero-order chi connectivity index (χ0) is 12.3. The van der Waals surface area contributed by atoms with E-state index in [1.165, 1.54) is 11.1 Å². The molecule has 0 saturated heterocycles. The van der Waals surface area contributed by atoms with Gasteiger partial charge in [0.05, 0.1) is 18.2 Å². The Morgan fingerprint density at radius 1 is 1.24 bits per heavy atom. The van der Waals surface area contributed by atoms with Crippen LogP contribution in [0.1, 0.15) is 22.5 Å². The maximum atomic E-state index is 5.06. The molecule has 2 aromatic rings. The van der Waals surface area contributed by atoms with Gasteiger partial charge in [-0.25, -0.2) is 0 Å². The number of pyridine rings is 1. The van der Waals surface area contributed by atoms with Gasteiger partial charge in [0.15, 0.2) is 0 Å². The highest BCUT2D eigenvalue weighted by atomic mass is 16.3. The summed E-state index contributed by atoms with van der Waals surface area (Å²) in [5.74, 6) is 0. The molecule has 0 aliphatic heterocycles. The SMILES string of the molecule is Cc1cc(C)nc(CN(C)Cc2ccoc2)c1. The Morgan fingerprint density at radius 2 is 2.06 bits per heavy atom. The average molecular weight is 230 g/mol. The van der Waals surface area contributed by atoms with Gasteiger partial charge in [-0.2, -0.15) is 0 Å². The smallest absolute Gasteiger partial charge is 0.0947 e. The lowest BCUT2D eigenvalue weighted by Crippen LogP contribution is -2.17. The summed E-state index contributed by atoms with van der Waals surface area (Å²) in [5.41, 5.74) is 4.66. The van der Waals surface area contributed by atoms with Gasteiger partial charge in [0, 0.05) is 24.3 Å². The van der Waals surface area contributed by atoms with E-state index in [1.54, 1.807) is 12.5 Å².